The van der Waals surface area contributed by atoms with Crippen LogP contribution in [0.5, 0.6) is 0 Å². The molecule has 28 heavy (non-hydrogen) atoms. The maximum absolute atomic E-state index is 12.9. The van der Waals surface area contributed by atoms with E-state index in [-0.39, 0.29) is 23.3 Å². The number of carbonyl (C=O) groups is 1. The van der Waals surface area contributed by atoms with Gasteiger partial charge in [-0.1, -0.05) is 60.1 Å². The highest BCUT2D eigenvalue weighted by Crippen LogP contribution is 2.30. The fourth-order valence-electron chi connectivity index (χ4n) is 2.72. The summed E-state index contributed by atoms with van der Waals surface area (Å²) in [6.07, 6.45) is 0.776. The molecule has 8 heteroatoms. The van der Waals surface area contributed by atoms with Crippen LogP contribution in [0.2, 0.25) is 10.0 Å². The zero-order valence-corrected chi connectivity index (χ0v) is 17.7. The molecule has 0 spiro atoms. The van der Waals surface area contributed by atoms with E-state index in [9.17, 15) is 9.59 Å². The van der Waals surface area contributed by atoms with Gasteiger partial charge >= 0.3 is 0 Å². The normalized spacial score (nSPS) is 12.1. The molecule has 1 heterocycles. The van der Waals surface area contributed by atoms with Crippen molar-refractivity contribution in [3.05, 3.63) is 62.9 Å². The highest BCUT2D eigenvalue weighted by Gasteiger charge is 2.17. The summed E-state index contributed by atoms with van der Waals surface area (Å²) in [6, 6.07) is 12.2. The lowest BCUT2D eigenvalue weighted by molar-refractivity contribution is -0.113. The average Bonchev–Trinajstić information content (AvgIpc) is 2.69. The van der Waals surface area contributed by atoms with Gasteiger partial charge in [0.25, 0.3) is 5.56 Å². The lowest BCUT2D eigenvalue weighted by Crippen LogP contribution is -2.26. The van der Waals surface area contributed by atoms with Crippen LogP contribution in [-0.2, 0) is 4.79 Å². The highest BCUT2D eigenvalue weighted by molar-refractivity contribution is 7.99. The molecule has 0 aliphatic rings. The largest absolute Gasteiger partial charge is 0.324 e. The van der Waals surface area contributed by atoms with Crippen LogP contribution in [0.25, 0.3) is 10.9 Å². The number of thioether (sulfide) groups is 1. The van der Waals surface area contributed by atoms with E-state index in [2.05, 4.69) is 10.3 Å². The van der Waals surface area contributed by atoms with Crippen molar-refractivity contribution < 1.29 is 4.79 Å². The van der Waals surface area contributed by atoms with Gasteiger partial charge in [0.1, 0.15) is 0 Å². The lowest BCUT2D eigenvalue weighted by atomic mass is 10.2. The van der Waals surface area contributed by atoms with Crippen LogP contribution >= 0.6 is 35.0 Å². The predicted molar refractivity (Wildman–Crippen MR) is 117 cm³/mol. The Kier molecular flexibility index (Phi) is 6.65. The molecular weight excluding hydrogens is 417 g/mol. The summed E-state index contributed by atoms with van der Waals surface area (Å²) < 4.78 is 1.66. The zero-order chi connectivity index (χ0) is 20.3. The van der Waals surface area contributed by atoms with Crippen LogP contribution in [0.4, 0.5) is 5.69 Å². The number of hydrogen-bond acceptors (Lipinski definition) is 4. The molecule has 3 aromatic rings. The van der Waals surface area contributed by atoms with E-state index in [0.717, 1.165) is 6.42 Å². The third kappa shape index (κ3) is 4.35. The molecule has 1 aromatic heterocycles. The fraction of sp³-hybridized carbons (Fsp3) is 0.250. The van der Waals surface area contributed by atoms with Gasteiger partial charge in [0.05, 0.1) is 32.4 Å². The van der Waals surface area contributed by atoms with Gasteiger partial charge < -0.3 is 5.32 Å². The van der Waals surface area contributed by atoms with E-state index in [1.54, 1.807) is 34.9 Å². The smallest absolute Gasteiger partial charge is 0.262 e. The van der Waals surface area contributed by atoms with E-state index >= 15 is 0 Å². The van der Waals surface area contributed by atoms with E-state index in [4.69, 9.17) is 23.2 Å². The second-order valence-electron chi connectivity index (χ2n) is 6.28. The number of halogens is 2. The molecule has 0 radical (unpaired) electrons. The maximum Gasteiger partial charge on any atom is 0.262 e. The SMILES string of the molecule is CCC(C)n1c(SCC(=O)Nc2cccc(Cl)c2Cl)nc2ccccc2c1=O. The Morgan fingerprint density at radius 2 is 1.96 bits per heavy atom. The standard InChI is InChI=1S/C20H19Cl2N3O2S/c1-3-12(2)25-19(27)13-7-4-5-9-15(13)24-20(25)28-11-17(26)23-16-10-6-8-14(21)18(16)22/h4-10,12H,3,11H2,1-2H3,(H,23,26). The molecule has 1 unspecified atom stereocenters. The second-order valence-corrected chi connectivity index (χ2v) is 8.01. The van der Waals surface area contributed by atoms with Gasteiger partial charge in [-0.05, 0) is 37.6 Å². The van der Waals surface area contributed by atoms with Crippen LogP contribution < -0.4 is 10.9 Å². The first-order valence-electron chi connectivity index (χ1n) is 8.80. The number of benzene rings is 2. The molecule has 5 nitrogen and oxygen atoms in total. The summed E-state index contributed by atoms with van der Waals surface area (Å²) in [5.74, 6) is -0.170. The Hall–Kier alpha value is -2.02. The number of anilines is 1. The van der Waals surface area contributed by atoms with Gasteiger partial charge in [0, 0.05) is 6.04 Å². The van der Waals surface area contributed by atoms with Crippen LogP contribution in [-0.4, -0.2) is 21.2 Å². The quantitative estimate of drug-likeness (QED) is 0.415. The van der Waals surface area contributed by atoms with Gasteiger partial charge in [0.2, 0.25) is 5.91 Å². The topological polar surface area (TPSA) is 64.0 Å². The van der Waals surface area contributed by atoms with E-state index in [1.807, 2.05) is 26.0 Å². The number of fused-ring (bicyclic) bond motifs is 1. The zero-order valence-electron chi connectivity index (χ0n) is 15.4. The van der Waals surface area contributed by atoms with Crippen molar-refractivity contribution in [2.24, 2.45) is 0 Å². The lowest BCUT2D eigenvalue weighted by Gasteiger charge is -2.18. The first kappa shape index (κ1) is 20.7. The van der Waals surface area contributed by atoms with Gasteiger partial charge in [-0.15, -0.1) is 0 Å². The predicted octanol–water partition coefficient (Wildman–Crippen LogP) is 5.41. The molecule has 1 N–H and O–H groups in total. The van der Waals surface area contributed by atoms with Crippen molar-refractivity contribution in [2.75, 3.05) is 11.1 Å². The number of aromatic nitrogens is 2. The van der Waals surface area contributed by atoms with E-state index in [1.165, 1.54) is 11.8 Å². The van der Waals surface area contributed by atoms with Crippen LogP contribution in [0, 0.1) is 0 Å². The number of nitrogens with one attached hydrogen (secondary N) is 1. The van der Waals surface area contributed by atoms with Gasteiger partial charge in [-0.2, -0.15) is 0 Å². The minimum atomic E-state index is -0.257. The Bertz CT molecular complexity index is 1080. The van der Waals surface area contributed by atoms with Crippen molar-refractivity contribution in [1.29, 1.82) is 0 Å². The molecule has 0 fully saturated rings. The summed E-state index contributed by atoms with van der Waals surface area (Å²) in [6.45, 7) is 3.97. The average molecular weight is 436 g/mol. The molecule has 146 valence electrons. The number of rotatable bonds is 6. The Balaban J connectivity index is 1.86. The first-order valence-corrected chi connectivity index (χ1v) is 10.5. The Morgan fingerprint density at radius 1 is 1.21 bits per heavy atom. The third-order valence-electron chi connectivity index (χ3n) is 4.37. The molecule has 3 rings (SSSR count). The molecule has 0 saturated heterocycles. The van der Waals surface area contributed by atoms with Crippen molar-refractivity contribution in [3.8, 4) is 0 Å². The molecule has 0 aliphatic carbocycles. The van der Waals surface area contributed by atoms with Crippen LogP contribution in [0.1, 0.15) is 26.3 Å². The van der Waals surface area contributed by atoms with Crippen molar-refractivity contribution in [3.63, 3.8) is 0 Å². The third-order valence-corrected chi connectivity index (χ3v) is 6.14. The number of hydrogen-bond donors (Lipinski definition) is 1. The summed E-state index contributed by atoms with van der Waals surface area (Å²) in [4.78, 5) is 30.0. The minimum Gasteiger partial charge on any atom is -0.324 e. The van der Waals surface area contributed by atoms with Crippen LogP contribution in [0.3, 0.4) is 0 Å². The molecule has 1 amide bonds. The summed E-state index contributed by atoms with van der Waals surface area (Å²) in [5, 5.41) is 4.50. The van der Waals surface area contributed by atoms with Crippen molar-refractivity contribution in [1.82, 2.24) is 9.55 Å². The number of carbonyl (C=O) groups excluding carboxylic acids is 1. The van der Waals surface area contributed by atoms with Gasteiger partial charge in [0.15, 0.2) is 5.16 Å². The van der Waals surface area contributed by atoms with Crippen molar-refractivity contribution >= 4 is 57.5 Å². The number of nitrogens with zero attached hydrogens (tertiary/aromatic N) is 2. The summed E-state index contributed by atoms with van der Waals surface area (Å²) in [5.41, 5.74) is 0.971. The highest BCUT2D eigenvalue weighted by atomic mass is 35.5. The van der Waals surface area contributed by atoms with E-state index in [0.29, 0.717) is 31.8 Å². The van der Waals surface area contributed by atoms with Crippen molar-refractivity contribution in [2.45, 2.75) is 31.5 Å². The molecule has 0 aliphatic heterocycles. The molecule has 0 bridgehead atoms. The maximum atomic E-state index is 12.9. The molecule has 0 saturated carbocycles. The molecule has 1 atom stereocenters. The molecular formula is C20H19Cl2N3O2S. The Morgan fingerprint density at radius 3 is 2.71 bits per heavy atom. The Labute approximate surface area is 177 Å². The summed E-state index contributed by atoms with van der Waals surface area (Å²) >= 11 is 13.3. The number of para-hydroxylation sites is 1. The monoisotopic (exact) mass is 435 g/mol. The first-order chi connectivity index (χ1) is 13.4. The number of amides is 1. The van der Waals surface area contributed by atoms with Gasteiger partial charge in [-0.25, -0.2) is 4.98 Å². The minimum absolute atomic E-state index is 0.0301. The molecule has 2 aromatic carbocycles. The summed E-state index contributed by atoms with van der Waals surface area (Å²) in [7, 11) is 0. The second kappa shape index (κ2) is 8.99. The van der Waals surface area contributed by atoms with E-state index < -0.39 is 0 Å². The van der Waals surface area contributed by atoms with Crippen LogP contribution in [0.15, 0.2) is 52.4 Å². The van der Waals surface area contributed by atoms with Gasteiger partial charge in [-0.3, -0.25) is 14.2 Å². The fourth-order valence-corrected chi connectivity index (χ4v) is 3.96.